The number of hydrogen-bond donors (Lipinski definition) is 2. The van der Waals surface area contributed by atoms with Crippen LogP contribution >= 0.6 is 0 Å². The zero-order chi connectivity index (χ0) is 12.8. The van der Waals surface area contributed by atoms with Crippen LogP contribution in [0.4, 0.5) is 0 Å². The van der Waals surface area contributed by atoms with Gasteiger partial charge < -0.3 is 10.6 Å². The highest BCUT2D eigenvalue weighted by Crippen LogP contribution is 2.29. The van der Waals surface area contributed by atoms with Gasteiger partial charge in [0.05, 0.1) is 6.54 Å². The normalized spacial score (nSPS) is 30.9. The molecule has 0 aliphatic heterocycles. The van der Waals surface area contributed by atoms with Crippen molar-refractivity contribution in [1.82, 2.24) is 10.6 Å². The minimum Gasteiger partial charge on any atom is -0.353 e. The lowest BCUT2D eigenvalue weighted by Crippen LogP contribution is -2.44. The van der Waals surface area contributed by atoms with E-state index in [2.05, 4.69) is 31.4 Å². The first-order valence-corrected chi connectivity index (χ1v) is 7.05. The SMILES string of the molecule is CCC(C)NC(=O)CNC1CCC(C)C(C)C1. The maximum Gasteiger partial charge on any atom is 0.234 e. The molecule has 17 heavy (non-hydrogen) atoms. The first-order chi connectivity index (χ1) is 8.02. The summed E-state index contributed by atoms with van der Waals surface area (Å²) < 4.78 is 0. The molecule has 0 aromatic heterocycles. The van der Waals surface area contributed by atoms with Gasteiger partial charge in [-0.1, -0.05) is 20.8 Å². The van der Waals surface area contributed by atoms with Gasteiger partial charge in [0.1, 0.15) is 0 Å². The van der Waals surface area contributed by atoms with Crippen molar-refractivity contribution in [2.24, 2.45) is 11.8 Å². The van der Waals surface area contributed by atoms with Gasteiger partial charge in [0, 0.05) is 12.1 Å². The predicted octanol–water partition coefficient (Wildman–Crippen LogP) is 2.32. The largest absolute Gasteiger partial charge is 0.353 e. The highest BCUT2D eigenvalue weighted by Gasteiger charge is 2.24. The summed E-state index contributed by atoms with van der Waals surface area (Å²) in [6.07, 6.45) is 4.69. The van der Waals surface area contributed by atoms with E-state index in [9.17, 15) is 4.79 Å². The molecular formula is C14H28N2O. The summed E-state index contributed by atoms with van der Waals surface area (Å²) >= 11 is 0. The van der Waals surface area contributed by atoms with Gasteiger partial charge in [-0.05, 0) is 44.4 Å². The number of carbonyl (C=O) groups is 1. The highest BCUT2D eigenvalue weighted by molar-refractivity contribution is 5.78. The van der Waals surface area contributed by atoms with Crippen LogP contribution < -0.4 is 10.6 Å². The monoisotopic (exact) mass is 240 g/mol. The molecule has 0 spiro atoms. The Bertz CT molecular complexity index is 242. The van der Waals surface area contributed by atoms with Gasteiger partial charge in [0.25, 0.3) is 0 Å². The molecule has 0 radical (unpaired) electrons. The summed E-state index contributed by atoms with van der Waals surface area (Å²) in [6, 6.07) is 0.818. The molecule has 100 valence electrons. The Kier molecular flexibility index (Phi) is 5.96. The average Bonchev–Trinajstić information content (AvgIpc) is 2.30. The van der Waals surface area contributed by atoms with Crippen molar-refractivity contribution >= 4 is 5.91 Å². The van der Waals surface area contributed by atoms with E-state index in [0.717, 1.165) is 18.3 Å². The Labute approximate surface area is 106 Å². The summed E-state index contributed by atoms with van der Waals surface area (Å²) in [4.78, 5) is 11.6. The Morgan fingerprint density at radius 2 is 2.00 bits per heavy atom. The van der Waals surface area contributed by atoms with Gasteiger partial charge in [0.2, 0.25) is 5.91 Å². The van der Waals surface area contributed by atoms with Crippen molar-refractivity contribution in [3.05, 3.63) is 0 Å². The van der Waals surface area contributed by atoms with E-state index in [1.807, 2.05) is 6.92 Å². The minimum absolute atomic E-state index is 0.130. The van der Waals surface area contributed by atoms with Crippen molar-refractivity contribution in [3.63, 3.8) is 0 Å². The molecule has 1 fully saturated rings. The van der Waals surface area contributed by atoms with Gasteiger partial charge in [-0.2, -0.15) is 0 Å². The molecule has 2 N–H and O–H groups in total. The quantitative estimate of drug-likeness (QED) is 0.774. The van der Waals surface area contributed by atoms with Gasteiger partial charge in [-0.3, -0.25) is 4.79 Å². The fraction of sp³-hybridized carbons (Fsp3) is 0.929. The van der Waals surface area contributed by atoms with Crippen LogP contribution in [0.1, 0.15) is 53.4 Å². The third-order valence-electron chi connectivity index (χ3n) is 4.17. The zero-order valence-corrected chi connectivity index (χ0v) is 11.8. The van der Waals surface area contributed by atoms with E-state index < -0.39 is 0 Å². The van der Waals surface area contributed by atoms with Crippen LogP contribution in [0.5, 0.6) is 0 Å². The standard InChI is InChI=1S/C14H28N2O/c1-5-12(4)16-14(17)9-15-13-7-6-10(2)11(3)8-13/h10-13,15H,5-9H2,1-4H3,(H,16,17). The molecule has 1 amide bonds. The Balaban J connectivity index is 2.20. The van der Waals surface area contributed by atoms with E-state index in [1.54, 1.807) is 0 Å². The van der Waals surface area contributed by atoms with Crippen LogP contribution in [-0.4, -0.2) is 24.5 Å². The molecule has 4 atom stereocenters. The average molecular weight is 240 g/mol. The van der Waals surface area contributed by atoms with Gasteiger partial charge in [-0.25, -0.2) is 0 Å². The third kappa shape index (κ3) is 5.07. The molecule has 0 aromatic carbocycles. The fourth-order valence-electron chi connectivity index (χ4n) is 2.40. The topological polar surface area (TPSA) is 41.1 Å². The lowest BCUT2D eigenvalue weighted by molar-refractivity contribution is -0.121. The molecule has 1 saturated carbocycles. The first kappa shape index (κ1) is 14.5. The van der Waals surface area contributed by atoms with Crippen LogP contribution in [0.3, 0.4) is 0 Å². The lowest BCUT2D eigenvalue weighted by Gasteiger charge is -2.32. The second-order valence-corrected chi connectivity index (χ2v) is 5.72. The van der Waals surface area contributed by atoms with Crippen molar-refractivity contribution in [2.45, 2.75) is 65.5 Å². The summed E-state index contributed by atoms with van der Waals surface area (Å²) in [7, 11) is 0. The second-order valence-electron chi connectivity index (χ2n) is 5.72. The Morgan fingerprint density at radius 1 is 1.29 bits per heavy atom. The first-order valence-electron chi connectivity index (χ1n) is 7.05. The van der Waals surface area contributed by atoms with E-state index in [4.69, 9.17) is 0 Å². The summed E-state index contributed by atoms with van der Waals surface area (Å²) in [5.74, 6) is 1.74. The summed E-state index contributed by atoms with van der Waals surface area (Å²) in [6.45, 7) is 9.25. The molecule has 0 bridgehead atoms. The Morgan fingerprint density at radius 3 is 2.59 bits per heavy atom. The summed E-state index contributed by atoms with van der Waals surface area (Å²) in [5, 5.41) is 6.38. The number of hydrogen-bond acceptors (Lipinski definition) is 2. The zero-order valence-electron chi connectivity index (χ0n) is 11.8. The van der Waals surface area contributed by atoms with Crippen LogP contribution in [0.2, 0.25) is 0 Å². The molecule has 3 nitrogen and oxygen atoms in total. The number of nitrogens with one attached hydrogen (secondary N) is 2. The minimum atomic E-state index is 0.130. The molecule has 1 aliphatic carbocycles. The van der Waals surface area contributed by atoms with Crippen molar-refractivity contribution < 1.29 is 4.79 Å². The van der Waals surface area contributed by atoms with Crippen LogP contribution in [0, 0.1) is 11.8 Å². The van der Waals surface area contributed by atoms with Crippen LogP contribution in [-0.2, 0) is 4.79 Å². The number of rotatable bonds is 5. The van der Waals surface area contributed by atoms with Gasteiger partial charge >= 0.3 is 0 Å². The Hall–Kier alpha value is -0.570. The molecule has 3 heteroatoms. The molecule has 0 saturated heterocycles. The van der Waals surface area contributed by atoms with Crippen molar-refractivity contribution in [2.75, 3.05) is 6.54 Å². The molecule has 0 aromatic rings. The van der Waals surface area contributed by atoms with Gasteiger partial charge in [-0.15, -0.1) is 0 Å². The maximum absolute atomic E-state index is 11.6. The summed E-state index contributed by atoms with van der Waals surface area (Å²) in [5.41, 5.74) is 0. The van der Waals surface area contributed by atoms with E-state index >= 15 is 0 Å². The van der Waals surface area contributed by atoms with E-state index in [-0.39, 0.29) is 11.9 Å². The van der Waals surface area contributed by atoms with Gasteiger partial charge in [0.15, 0.2) is 0 Å². The van der Waals surface area contributed by atoms with Crippen molar-refractivity contribution in [3.8, 4) is 0 Å². The van der Waals surface area contributed by atoms with Crippen molar-refractivity contribution in [1.29, 1.82) is 0 Å². The molecule has 1 rings (SSSR count). The second kappa shape index (κ2) is 7.00. The maximum atomic E-state index is 11.6. The van der Waals surface area contributed by atoms with E-state index in [0.29, 0.717) is 12.6 Å². The molecular weight excluding hydrogens is 212 g/mol. The molecule has 4 unspecified atom stereocenters. The smallest absolute Gasteiger partial charge is 0.234 e. The highest BCUT2D eigenvalue weighted by atomic mass is 16.1. The van der Waals surface area contributed by atoms with Crippen LogP contribution in [0.25, 0.3) is 0 Å². The third-order valence-corrected chi connectivity index (χ3v) is 4.17. The predicted molar refractivity (Wildman–Crippen MR) is 71.9 cm³/mol. The van der Waals surface area contributed by atoms with E-state index in [1.165, 1.54) is 19.3 Å². The molecule has 0 heterocycles. The number of amides is 1. The fourth-order valence-corrected chi connectivity index (χ4v) is 2.40. The van der Waals surface area contributed by atoms with Crippen LogP contribution in [0.15, 0.2) is 0 Å². The lowest BCUT2D eigenvalue weighted by atomic mass is 9.79. The molecule has 1 aliphatic rings. The number of carbonyl (C=O) groups excluding carboxylic acids is 1.